The van der Waals surface area contributed by atoms with Gasteiger partial charge in [0.1, 0.15) is 0 Å². The van der Waals surface area contributed by atoms with Crippen molar-refractivity contribution in [2.45, 2.75) is 25.7 Å². The fraction of sp³-hybridized carbons (Fsp3) is 0.500. The van der Waals surface area contributed by atoms with Gasteiger partial charge in [-0.25, -0.2) is 9.97 Å². The second-order valence-corrected chi connectivity index (χ2v) is 3.77. The van der Waals surface area contributed by atoms with Crippen LogP contribution < -0.4 is 0 Å². The van der Waals surface area contributed by atoms with Crippen LogP contribution in [0.5, 0.6) is 0 Å². The van der Waals surface area contributed by atoms with E-state index in [0.717, 1.165) is 11.4 Å². The van der Waals surface area contributed by atoms with Crippen LogP contribution in [0.1, 0.15) is 30.1 Å². The van der Waals surface area contributed by atoms with Crippen molar-refractivity contribution in [1.82, 2.24) is 9.97 Å². The van der Waals surface area contributed by atoms with Gasteiger partial charge >= 0.3 is 0 Å². The number of rotatable bonds is 1. The maximum absolute atomic E-state index is 6.02. The summed E-state index contributed by atoms with van der Waals surface area (Å²) in [6.07, 6.45) is 2.35. The van der Waals surface area contributed by atoms with E-state index in [1.54, 1.807) is 0 Å². The van der Waals surface area contributed by atoms with Crippen molar-refractivity contribution in [1.29, 1.82) is 0 Å². The van der Waals surface area contributed by atoms with Gasteiger partial charge < -0.3 is 0 Å². The predicted molar refractivity (Wildman–Crippen MR) is 48.8 cm³/mol. The normalized spacial score (nSPS) is 16.6. The van der Waals surface area contributed by atoms with Crippen LogP contribution in [-0.2, 0) is 0 Å². The highest BCUT2D eigenvalue weighted by Gasteiger charge is 2.28. The Bertz CT molecular complexity index is 321. The molecule has 0 atom stereocenters. The van der Waals surface area contributed by atoms with E-state index in [-0.39, 0.29) is 0 Å². The summed E-state index contributed by atoms with van der Waals surface area (Å²) in [4.78, 5) is 8.08. The Morgan fingerprint density at radius 3 is 2.50 bits per heavy atom. The fourth-order valence-corrected chi connectivity index (χ4v) is 1.63. The summed E-state index contributed by atoms with van der Waals surface area (Å²) in [5.41, 5.74) is 1.70. The van der Waals surface area contributed by atoms with Gasteiger partial charge in [-0.15, -0.1) is 0 Å². The minimum absolute atomic E-state index is 0.304. The highest BCUT2D eigenvalue weighted by molar-refractivity contribution is 6.32. The summed E-state index contributed by atoms with van der Waals surface area (Å²) in [5.74, 6) is 0.525. The van der Waals surface area contributed by atoms with Crippen LogP contribution in [-0.4, -0.2) is 9.97 Å². The Morgan fingerprint density at radius 1 is 1.25 bits per heavy atom. The predicted octanol–water partition coefficient (Wildman–Crippen LogP) is 2.97. The molecule has 1 heterocycles. The van der Waals surface area contributed by atoms with E-state index in [0.29, 0.717) is 16.2 Å². The molecule has 1 aliphatic carbocycles. The number of halogens is 2. The molecule has 1 aromatic heterocycles. The van der Waals surface area contributed by atoms with Gasteiger partial charge in [-0.2, -0.15) is 0 Å². The Balaban J connectivity index is 2.51. The lowest BCUT2D eigenvalue weighted by Gasteiger charge is -2.03. The third-order valence-electron chi connectivity index (χ3n) is 1.98. The zero-order valence-corrected chi connectivity index (χ0v) is 8.15. The van der Waals surface area contributed by atoms with Gasteiger partial charge in [0.2, 0.25) is 5.28 Å². The quantitative estimate of drug-likeness (QED) is 0.655. The maximum Gasteiger partial charge on any atom is 0.222 e. The smallest absolute Gasteiger partial charge is 0.222 e. The molecule has 0 saturated heterocycles. The van der Waals surface area contributed by atoms with Crippen molar-refractivity contribution in [3.8, 4) is 0 Å². The van der Waals surface area contributed by atoms with Crippen molar-refractivity contribution in [2.24, 2.45) is 0 Å². The number of aromatic nitrogens is 2. The van der Waals surface area contributed by atoms with Crippen LogP contribution in [0.25, 0.3) is 0 Å². The molecule has 64 valence electrons. The molecule has 0 bridgehead atoms. The highest BCUT2D eigenvalue weighted by atomic mass is 35.5. The van der Waals surface area contributed by atoms with E-state index in [2.05, 4.69) is 9.97 Å². The second kappa shape index (κ2) is 2.86. The van der Waals surface area contributed by atoms with Gasteiger partial charge in [-0.1, -0.05) is 11.6 Å². The van der Waals surface area contributed by atoms with E-state index in [1.807, 2.05) is 6.92 Å². The Morgan fingerprint density at radius 2 is 1.92 bits per heavy atom. The summed E-state index contributed by atoms with van der Waals surface area (Å²) in [5, 5.41) is 0.987. The molecule has 0 aliphatic heterocycles. The maximum atomic E-state index is 6.02. The molecule has 0 radical (unpaired) electrons. The summed E-state index contributed by atoms with van der Waals surface area (Å²) < 4.78 is 0. The van der Waals surface area contributed by atoms with Crippen LogP contribution in [0, 0.1) is 6.92 Å². The van der Waals surface area contributed by atoms with Gasteiger partial charge in [0.15, 0.2) is 0 Å². The second-order valence-electron chi connectivity index (χ2n) is 3.05. The summed E-state index contributed by atoms with van der Waals surface area (Å²) in [7, 11) is 0. The molecule has 2 rings (SSSR count). The Kier molecular flexibility index (Phi) is 1.97. The molecule has 0 amide bonds. The minimum atomic E-state index is 0.304. The van der Waals surface area contributed by atoms with E-state index in [4.69, 9.17) is 23.2 Å². The van der Waals surface area contributed by atoms with Gasteiger partial charge in [0.05, 0.1) is 16.4 Å². The molecule has 1 fully saturated rings. The topological polar surface area (TPSA) is 25.8 Å². The first kappa shape index (κ1) is 8.27. The van der Waals surface area contributed by atoms with Crippen LogP contribution in [0.2, 0.25) is 10.3 Å². The van der Waals surface area contributed by atoms with Crippen LogP contribution in [0.15, 0.2) is 0 Å². The molecule has 2 nitrogen and oxygen atoms in total. The molecule has 12 heavy (non-hydrogen) atoms. The van der Waals surface area contributed by atoms with Crippen molar-refractivity contribution in [3.63, 3.8) is 0 Å². The summed E-state index contributed by atoms with van der Waals surface area (Å²) in [6.45, 7) is 1.85. The van der Waals surface area contributed by atoms with Gasteiger partial charge in [0, 0.05) is 5.92 Å². The molecular formula is C8H8Cl2N2. The van der Waals surface area contributed by atoms with Gasteiger partial charge in [-0.05, 0) is 31.4 Å². The molecule has 4 heteroatoms. The van der Waals surface area contributed by atoms with Crippen molar-refractivity contribution < 1.29 is 0 Å². The average molecular weight is 203 g/mol. The zero-order valence-electron chi connectivity index (χ0n) is 6.64. The lowest BCUT2D eigenvalue weighted by Crippen LogP contribution is -1.95. The van der Waals surface area contributed by atoms with Crippen LogP contribution in [0.3, 0.4) is 0 Å². The molecule has 1 aliphatic rings. The molecule has 0 spiro atoms. The highest BCUT2D eigenvalue weighted by Crippen LogP contribution is 2.42. The van der Waals surface area contributed by atoms with Crippen molar-refractivity contribution in [3.05, 3.63) is 21.7 Å². The number of nitrogens with zero attached hydrogens (tertiary/aromatic N) is 2. The van der Waals surface area contributed by atoms with E-state index >= 15 is 0 Å². The van der Waals surface area contributed by atoms with E-state index < -0.39 is 0 Å². The van der Waals surface area contributed by atoms with E-state index in [1.165, 1.54) is 12.8 Å². The van der Waals surface area contributed by atoms with Crippen molar-refractivity contribution >= 4 is 23.2 Å². The van der Waals surface area contributed by atoms with Crippen LogP contribution in [0.4, 0.5) is 0 Å². The molecule has 0 N–H and O–H groups in total. The first-order valence-corrected chi connectivity index (χ1v) is 4.63. The Hall–Kier alpha value is -0.340. The van der Waals surface area contributed by atoms with Crippen molar-refractivity contribution in [2.75, 3.05) is 0 Å². The zero-order chi connectivity index (χ0) is 8.72. The minimum Gasteiger partial charge on any atom is -0.222 e. The van der Waals surface area contributed by atoms with Gasteiger partial charge in [-0.3, -0.25) is 0 Å². The molecular weight excluding hydrogens is 195 g/mol. The first-order chi connectivity index (χ1) is 5.68. The number of hydrogen-bond donors (Lipinski definition) is 0. The molecule has 0 aromatic carbocycles. The molecule has 0 unspecified atom stereocenters. The number of hydrogen-bond acceptors (Lipinski definition) is 2. The summed E-state index contributed by atoms with van der Waals surface area (Å²) >= 11 is 11.7. The molecule has 1 aromatic rings. The standard InChI is InChI=1S/C8H8Cl2N2/c1-4-6(9)7(5-2-3-5)12-8(10)11-4/h5H,2-3H2,1H3. The summed E-state index contributed by atoms with van der Waals surface area (Å²) in [6, 6.07) is 0. The monoisotopic (exact) mass is 202 g/mol. The lowest BCUT2D eigenvalue weighted by atomic mass is 10.2. The largest absolute Gasteiger partial charge is 0.222 e. The molecule has 1 saturated carbocycles. The third-order valence-corrected chi connectivity index (χ3v) is 2.62. The fourth-order valence-electron chi connectivity index (χ4n) is 1.17. The van der Waals surface area contributed by atoms with Crippen LogP contribution >= 0.6 is 23.2 Å². The average Bonchev–Trinajstić information content (AvgIpc) is 2.79. The number of aryl methyl sites for hydroxylation is 1. The van der Waals surface area contributed by atoms with E-state index in [9.17, 15) is 0 Å². The first-order valence-electron chi connectivity index (χ1n) is 3.88. The lowest BCUT2D eigenvalue weighted by molar-refractivity contribution is 0.967. The SMILES string of the molecule is Cc1nc(Cl)nc(C2CC2)c1Cl. The Labute approximate surface area is 80.9 Å². The third kappa shape index (κ3) is 1.41. The van der Waals surface area contributed by atoms with Gasteiger partial charge in [0.25, 0.3) is 0 Å².